The lowest BCUT2D eigenvalue weighted by Gasteiger charge is -2.30. The zero-order valence-electron chi connectivity index (χ0n) is 10.3. The lowest BCUT2D eigenvalue weighted by Crippen LogP contribution is -2.49. The molecule has 1 unspecified atom stereocenters. The van der Waals surface area contributed by atoms with Gasteiger partial charge in [-0.15, -0.1) is 11.3 Å². The second kappa shape index (κ2) is 5.62. The van der Waals surface area contributed by atoms with E-state index >= 15 is 0 Å². The Morgan fingerprint density at radius 2 is 2.24 bits per heavy atom. The van der Waals surface area contributed by atoms with Crippen molar-refractivity contribution in [3.05, 3.63) is 21.9 Å². The van der Waals surface area contributed by atoms with Gasteiger partial charge in [0.1, 0.15) is 6.04 Å². The molecule has 94 valence electrons. The molecule has 1 fully saturated rings. The zero-order valence-corrected chi connectivity index (χ0v) is 11.1. The summed E-state index contributed by atoms with van der Waals surface area (Å²) >= 11 is 1.65. The fourth-order valence-electron chi connectivity index (χ4n) is 2.11. The Morgan fingerprint density at radius 1 is 1.53 bits per heavy atom. The molecule has 1 aromatic rings. The number of rotatable bonds is 3. The van der Waals surface area contributed by atoms with Crippen molar-refractivity contribution >= 4 is 17.2 Å². The maximum absolute atomic E-state index is 12.4. The molecule has 2 heterocycles. The fourth-order valence-corrected chi connectivity index (χ4v) is 3.14. The fraction of sp³-hybridized carbons (Fsp3) is 0.583. The number of likely N-dealkylation sites (N-methyl/N-ethyl adjacent to an activating group) is 1. The molecule has 0 radical (unpaired) electrons. The van der Waals surface area contributed by atoms with Crippen LogP contribution in [0.1, 0.15) is 16.5 Å². The molecule has 1 saturated heterocycles. The van der Waals surface area contributed by atoms with Crippen molar-refractivity contribution in [2.24, 2.45) is 0 Å². The maximum atomic E-state index is 12.4. The first-order chi connectivity index (χ1) is 8.24. The molecule has 4 nitrogen and oxygen atoms in total. The van der Waals surface area contributed by atoms with Gasteiger partial charge in [0.25, 0.3) is 0 Å². The highest BCUT2D eigenvalue weighted by Gasteiger charge is 2.27. The number of carbonyl (C=O) groups is 1. The summed E-state index contributed by atoms with van der Waals surface area (Å²) in [5, 5.41) is 8.44. The third-order valence-electron chi connectivity index (χ3n) is 3.13. The van der Waals surface area contributed by atoms with E-state index in [1.807, 2.05) is 17.3 Å². The van der Waals surface area contributed by atoms with Gasteiger partial charge < -0.3 is 15.5 Å². The van der Waals surface area contributed by atoms with Crippen LogP contribution < -0.4 is 10.6 Å². The number of carbonyl (C=O) groups excluding carboxylic acids is 1. The van der Waals surface area contributed by atoms with Crippen LogP contribution in [0, 0.1) is 6.92 Å². The van der Waals surface area contributed by atoms with E-state index in [9.17, 15) is 4.79 Å². The second-order valence-corrected chi connectivity index (χ2v) is 5.21. The minimum Gasteiger partial charge on any atom is -0.338 e. The van der Waals surface area contributed by atoms with Crippen molar-refractivity contribution in [1.29, 1.82) is 0 Å². The summed E-state index contributed by atoms with van der Waals surface area (Å²) < 4.78 is 0. The lowest BCUT2D eigenvalue weighted by molar-refractivity contribution is -0.134. The molecule has 0 aromatic carbocycles. The Kier molecular flexibility index (Phi) is 4.15. The first-order valence-electron chi connectivity index (χ1n) is 5.95. The van der Waals surface area contributed by atoms with E-state index in [1.54, 1.807) is 11.3 Å². The van der Waals surface area contributed by atoms with Crippen LogP contribution in [0.3, 0.4) is 0 Å². The molecule has 5 heteroatoms. The normalized spacial score (nSPS) is 18.1. The molecule has 0 spiro atoms. The topological polar surface area (TPSA) is 44.4 Å². The summed E-state index contributed by atoms with van der Waals surface area (Å²) in [6.45, 7) is 5.46. The van der Waals surface area contributed by atoms with E-state index in [2.05, 4.69) is 23.6 Å². The Bertz CT molecular complexity index is 385. The highest BCUT2D eigenvalue weighted by molar-refractivity contribution is 7.10. The second-order valence-electron chi connectivity index (χ2n) is 4.26. The van der Waals surface area contributed by atoms with E-state index in [1.165, 1.54) is 5.56 Å². The highest BCUT2D eigenvalue weighted by Crippen LogP contribution is 2.25. The van der Waals surface area contributed by atoms with Crippen LogP contribution >= 0.6 is 11.3 Å². The van der Waals surface area contributed by atoms with Gasteiger partial charge in [-0.05, 0) is 31.0 Å². The standard InChI is InChI=1S/C12H19N3OS/c1-9-3-8-17-11(9)10(13-2)12(16)15-6-4-14-5-7-15/h3,8,10,13-14H,4-7H2,1-2H3. The SMILES string of the molecule is CNC(C(=O)N1CCNCC1)c1sccc1C. The Balaban J connectivity index is 2.12. The lowest BCUT2D eigenvalue weighted by atomic mass is 10.1. The van der Waals surface area contributed by atoms with Crippen molar-refractivity contribution in [3.8, 4) is 0 Å². The molecular weight excluding hydrogens is 234 g/mol. The zero-order chi connectivity index (χ0) is 12.3. The number of hydrogen-bond acceptors (Lipinski definition) is 4. The molecule has 17 heavy (non-hydrogen) atoms. The number of aryl methyl sites for hydroxylation is 1. The van der Waals surface area contributed by atoms with Crippen LogP contribution in [0.2, 0.25) is 0 Å². The Labute approximate surface area is 106 Å². The van der Waals surface area contributed by atoms with Gasteiger partial charge in [-0.1, -0.05) is 0 Å². The van der Waals surface area contributed by atoms with E-state index in [-0.39, 0.29) is 11.9 Å². The summed E-state index contributed by atoms with van der Waals surface area (Å²) in [6, 6.07) is 1.88. The van der Waals surface area contributed by atoms with Gasteiger partial charge in [0.05, 0.1) is 0 Å². The summed E-state index contributed by atoms with van der Waals surface area (Å²) in [4.78, 5) is 15.5. The minimum atomic E-state index is -0.187. The molecule has 1 amide bonds. The minimum absolute atomic E-state index is 0.187. The van der Waals surface area contributed by atoms with Gasteiger partial charge in [-0.2, -0.15) is 0 Å². The highest BCUT2D eigenvalue weighted by atomic mass is 32.1. The van der Waals surface area contributed by atoms with Crippen molar-refractivity contribution in [2.75, 3.05) is 33.2 Å². The molecule has 0 bridgehead atoms. The third kappa shape index (κ3) is 2.68. The summed E-state index contributed by atoms with van der Waals surface area (Å²) in [5.74, 6) is 0.194. The van der Waals surface area contributed by atoms with Crippen molar-refractivity contribution < 1.29 is 4.79 Å². The number of thiophene rings is 1. The Hall–Kier alpha value is -0.910. The van der Waals surface area contributed by atoms with Crippen LogP contribution in [-0.4, -0.2) is 44.0 Å². The Morgan fingerprint density at radius 3 is 2.76 bits per heavy atom. The van der Waals surface area contributed by atoms with E-state index in [4.69, 9.17) is 0 Å². The molecule has 0 saturated carbocycles. The van der Waals surface area contributed by atoms with Crippen LogP contribution in [-0.2, 0) is 4.79 Å². The van der Waals surface area contributed by atoms with Crippen molar-refractivity contribution in [1.82, 2.24) is 15.5 Å². The number of amides is 1. The largest absolute Gasteiger partial charge is 0.338 e. The van der Waals surface area contributed by atoms with Crippen LogP contribution in [0.25, 0.3) is 0 Å². The van der Waals surface area contributed by atoms with Crippen LogP contribution in [0.4, 0.5) is 0 Å². The monoisotopic (exact) mass is 253 g/mol. The quantitative estimate of drug-likeness (QED) is 0.835. The molecular formula is C12H19N3OS. The molecule has 1 aliphatic heterocycles. The summed E-state index contributed by atoms with van der Waals surface area (Å²) in [5.41, 5.74) is 1.19. The average molecular weight is 253 g/mol. The predicted molar refractivity (Wildman–Crippen MR) is 70.3 cm³/mol. The van der Waals surface area contributed by atoms with Gasteiger partial charge in [-0.3, -0.25) is 4.79 Å². The van der Waals surface area contributed by atoms with Gasteiger partial charge in [0.2, 0.25) is 5.91 Å². The van der Waals surface area contributed by atoms with Gasteiger partial charge >= 0.3 is 0 Å². The summed E-state index contributed by atoms with van der Waals surface area (Å²) in [6.07, 6.45) is 0. The molecule has 2 N–H and O–H groups in total. The third-order valence-corrected chi connectivity index (χ3v) is 4.21. The first kappa shape index (κ1) is 12.5. The average Bonchev–Trinajstić information content (AvgIpc) is 2.78. The molecule has 1 atom stereocenters. The van der Waals surface area contributed by atoms with E-state index < -0.39 is 0 Å². The number of nitrogens with one attached hydrogen (secondary N) is 2. The predicted octanol–water partition coefficient (Wildman–Crippen LogP) is 0.749. The smallest absolute Gasteiger partial charge is 0.245 e. The summed E-state index contributed by atoms with van der Waals surface area (Å²) in [7, 11) is 1.85. The number of piperazine rings is 1. The maximum Gasteiger partial charge on any atom is 0.245 e. The number of hydrogen-bond donors (Lipinski definition) is 2. The van der Waals surface area contributed by atoms with E-state index in [0.717, 1.165) is 31.1 Å². The first-order valence-corrected chi connectivity index (χ1v) is 6.82. The van der Waals surface area contributed by atoms with Crippen LogP contribution in [0.5, 0.6) is 0 Å². The molecule has 0 aliphatic carbocycles. The van der Waals surface area contributed by atoms with Gasteiger partial charge in [0.15, 0.2) is 0 Å². The van der Waals surface area contributed by atoms with Crippen molar-refractivity contribution in [3.63, 3.8) is 0 Å². The van der Waals surface area contributed by atoms with Gasteiger partial charge in [0, 0.05) is 31.1 Å². The molecule has 2 rings (SSSR count). The van der Waals surface area contributed by atoms with Crippen LogP contribution in [0.15, 0.2) is 11.4 Å². The molecule has 1 aromatic heterocycles. The molecule has 1 aliphatic rings. The van der Waals surface area contributed by atoms with Crippen molar-refractivity contribution in [2.45, 2.75) is 13.0 Å². The van der Waals surface area contributed by atoms with E-state index in [0.29, 0.717) is 0 Å². The number of nitrogens with zero attached hydrogens (tertiary/aromatic N) is 1. The van der Waals surface area contributed by atoms with Gasteiger partial charge in [-0.25, -0.2) is 0 Å².